The van der Waals surface area contributed by atoms with E-state index in [1.54, 1.807) is 12.1 Å². The lowest BCUT2D eigenvalue weighted by Gasteiger charge is -2.30. The van der Waals surface area contributed by atoms with Crippen LogP contribution >= 0.6 is 0 Å². The molecule has 1 saturated carbocycles. The molecule has 1 aliphatic rings. The molecule has 1 amide bonds. The summed E-state index contributed by atoms with van der Waals surface area (Å²) in [5, 5.41) is 2.89. The van der Waals surface area contributed by atoms with Gasteiger partial charge in [-0.3, -0.25) is 0 Å². The lowest BCUT2D eigenvalue weighted by atomic mass is 9.88. The summed E-state index contributed by atoms with van der Waals surface area (Å²) < 4.78 is 17.6. The third kappa shape index (κ3) is 2.40. The molecule has 0 radical (unpaired) electrons. The van der Waals surface area contributed by atoms with E-state index in [0.717, 1.165) is 31.2 Å². The highest BCUT2D eigenvalue weighted by molar-refractivity contribution is 5.68. The number of benzene rings is 1. The van der Waals surface area contributed by atoms with E-state index < -0.39 is 6.09 Å². The molecule has 0 saturated heterocycles. The summed E-state index contributed by atoms with van der Waals surface area (Å²) in [6.45, 7) is 0. The molecule has 2 rings (SSSR count). The number of carbonyl (C=O) groups is 1. The van der Waals surface area contributed by atoms with Gasteiger partial charge in [-0.15, -0.1) is 0 Å². The predicted molar refractivity (Wildman–Crippen MR) is 62.1 cm³/mol. The van der Waals surface area contributed by atoms with E-state index in [9.17, 15) is 9.18 Å². The third-order valence-electron chi connectivity index (χ3n) is 3.38. The first-order chi connectivity index (χ1) is 8.16. The number of hydrogen-bond acceptors (Lipinski definition) is 2. The normalized spacial score (nSPS) is 17.8. The zero-order chi connectivity index (χ0) is 12.3. The standard InChI is InChI=1S/C13H16FNO2/c1-17-12(16)15-13(8-2-3-9-13)10-4-6-11(14)7-5-10/h4-7H,2-3,8-9H2,1H3,(H,15,16). The minimum absolute atomic E-state index is 0.264. The Balaban J connectivity index is 2.27. The summed E-state index contributed by atoms with van der Waals surface area (Å²) >= 11 is 0. The number of halogens is 1. The van der Waals surface area contributed by atoms with E-state index in [1.165, 1.54) is 19.2 Å². The Labute approximate surface area is 100.0 Å². The summed E-state index contributed by atoms with van der Waals surface area (Å²) in [6, 6.07) is 6.32. The average Bonchev–Trinajstić information content (AvgIpc) is 2.79. The molecule has 1 aromatic carbocycles. The molecule has 1 N–H and O–H groups in total. The molecule has 0 bridgehead atoms. The number of alkyl carbamates (subject to hydrolysis) is 1. The Bertz CT molecular complexity index is 396. The largest absolute Gasteiger partial charge is 0.453 e. The van der Waals surface area contributed by atoms with Crippen molar-refractivity contribution in [3.63, 3.8) is 0 Å². The second-order valence-corrected chi connectivity index (χ2v) is 4.41. The number of methoxy groups -OCH3 is 1. The lowest BCUT2D eigenvalue weighted by molar-refractivity contribution is 0.155. The van der Waals surface area contributed by atoms with E-state index >= 15 is 0 Å². The van der Waals surface area contributed by atoms with Crippen LogP contribution in [0.3, 0.4) is 0 Å². The molecule has 1 fully saturated rings. The van der Waals surface area contributed by atoms with Gasteiger partial charge < -0.3 is 10.1 Å². The maximum Gasteiger partial charge on any atom is 0.407 e. The van der Waals surface area contributed by atoms with Gasteiger partial charge in [-0.25, -0.2) is 9.18 Å². The van der Waals surface area contributed by atoms with E-state index in [-0.39, 0.29) is 11.4 Å². The molecule has 0 spiro atoms. The van der Waals surface area contributed by atoms with E-state index in [1.807, 2.05) is 0 Å². The Kier molecular flexibility index (Phi) is 3.31. The maximum absolute atomic E-state index is 12.9. The van der Waals surface area contributed by atoms with Crippen LogP contribution in [-0.4, -0.2) is 13.2 Å². The molecule has 0 aromatic heterocycles. The van der Waals surface area contributed by atoms with Gasteiger partial charge in [-0.1, -0.05) is 25.0 Å². The van der Waals surface area contributed by atoms with Crippen molar-refractivity contribution in [1.29, 1.82) is 0 Å². The summed E-state index contributed by atoms with van der Waals surface area (Å²) in [7, 11) is 1.35. The van der Waals surface area contributed by atoms with Crippen LogP contribution in [0.1, 0.15) is 31.2 Å². The molecule has 1 aromatic rings. The van der Waals surface area contributed by atoms with Crippen LogP contribution in [0.2, 0.25) is 0 Å². The van der Waals surface area contributed by atoms with E-state index in [2.05, 4.69) is 10.1 Å². The molecule has 92 valence electrons. The Morgan fingerprint density at radius 1 is 1.29 bits per heavy atom. The molecule has 0 unspecified atom stereocenters. The number of nitrogens with one attached hydrogen (secondary N) is 1. The molecular weight excluding hydrogens is 221 g/mol. The second-order valence-electron chi connectivity index (χ2n) is 4.41. The second kappa shape index (κ2) is 4.73. The molecule has 17 heavy (non-hydrogen) atoms. The van der Waals surface area contributed by atoms with Crippen molar-refractivity contribution in [1.82, 2.24) is 5.32 Å². The minimum Gasteiger partial charge on any atom is -0.453 e. The molecule has 3 nitrogen and oxygen atoms in total. The van der Waals surface area contributed by atoms with Crippen LogP contribution < -0.4 is 5.32 Å². The minimum atomic E-state index is -0.434. The number of ether oxygens (including phenoxy) is 1. The first-order valence-corrected chi connectivity index (χ1v) is 5.78. The monoisotopic (exact) mass is 237 g/mol. The fraction of sp³-hybridized carbons (Fsp3) is 0.462. The van der Waals surface area contributed by atoms with Crippen molar-refractivity contribution in [2.75, 3.05) is 7.11 Å². The van der Waals surface area contributed by atoms with Crippen molar-refractivity contribution in [3.05, 3.63) is 35.6 Å². The predicted octanol–water partition coefficient (Wildman–Crippen LogP) is 2.95. The van der Waals surface area contributed by atoms with Gasteiger partial charge in [0.2, 0.25) is 0 Å². The van der Waals surface area contributed by atoms with Crippen molar-refractivity contribution in [2.24, 2.45) is 0 Å². The van der Waals surface area contributed by atoms with Crippen LogP contribution in [0.4, 0.5) is 9.18 Å². The molecule has 4 heteroatoms. The first-order valence-electron chi connectivity index (χ1n) is 5.78. The quantitative estimate of drug-likeness (QED) is 0.858. The van der Waals surface area contributed by atoms with Crippen LogP contribution in [0.15, 0.2) is 24.3 Å². The van der Waals surface area contributed by atoms with Gasteiger partial charge in [-0.05, 0) is 30.5 Å². The van der Waals surface area contributed by atoms with Crippen LogP contribution in [0, 0.1) is 5.82 Å². The van der Waals surface area contributed by atoms with Crippen molar-refractivity contribution >= 4 is 6.09 Å². The first kappa shape index (κ1) is 11.9. The number of hydrogen-bond donors (Lipinski definition) is 1. The molecule has 0 atom stereocenters. The van der Waals surface area contributed by atoms with Gasteiger partial charge in [0.1, 0.15) is 5.82 Å². The maximum atomic E-state index is 12.9. The van der Waals surface area contributed by atoms with Gasteiger partial charge in [0.05, 0.1) is 12.6 Å². The zero-order valence-corrected chi connectivity index (χ0v) is 9.83. The van der Waals surface area contributed by atoms with Crippen molar-refractivity contribution in [3.8, 4) is 0 Å². The van der Waals surface area contributed by atoms with Gasteiger partial charge >= 0.3 is 6.09 Å². The number of amides is 1. The van der Waals surface area contributed by atoms with Crippen molar-refractivity contribution < 1.29 is 13.9 Å². The molecule has 0 aliphatic heterocycles. The van der Waals surface area contributed by atoms with Crippen LogP contribution in [0.5, 0.6) is 0 Å². The highest BCUT2D eigenvalue weighted by Crippen LogP contribution is 2.38. The van der Waals surface area contributed by atoms with Crippen LogP contribution in [-0.2, 0) is 10.3 Å². The number of rotatable bonds is 2. The fourth-order valence-corrected chi connectivity index (χ4v) is 2.48. The van der Waals surface area contributed by atoms with Gasteiger partial charge in [0, 0.05) is 0 Å². The Hall–Kier alpha value is -1.58. The van der Waals surface area contributed by atoms with E-state index in [4.69, 9.17) is 0 Å². The smallest absolute Gasteiger partial charge is 0.407 e. The van der Waals surface area contributed by atoms with Gasteiger partial charge in [0.25, 0.3) is 0 Å². The molecular formula is C13H16FNO2. The molecule has 1 aliphatic carbocycles. The van der Waals surface area contributed by atoms with Crippen LogP contribution in [0.25, 0.3) is 0 Å². The van der Waals surface area contributed by atoms with Gasteiger partial charge in [-0.2, -0.15) is 0 Å². The Morgan fingerprint density at radius 2 is 1.88 bits per heavy atom. The summed E-state index contributed by atoms with van der Waals surface area (Å²) in [6.07, 6.45) is 3.42. The lowest BCUT2D eigenvalue weighted by Crippen LogP contribution is -2.43. The summed E-state index contributed by atoms with van der Waals surface area (Å²) in [4.78, 5) is 11.4. The molecule has 0 heterocycles. The average molecular weight is 237 g/mol. The van der Waals surface area contributed by atoms with Gasteiger partial charge in [0.15, 0.2) is 0 Å². The summed E-state index contributed by atoms with van der Waals surface area (Å²) in [5.41, 5.74) is 0.558. The van der Waals surface area contributed by atoms with Crippen molar-refractivity contribution in [2.45, 2.75) is 31.2 Å². The summed E-state index contributed by atoms with van der Waals surface area (Å²) in [5.74, 6) is -0.264. The highest BCUT2D eigenvalue weighted by atomic mass is 19.1. The fourth-order valence-electron chi connectivity index (χ4n) is 2.48. The number of carbonyl (C=O) groups excluding carboxylic acids is 1. The SMILES string of the molecule is COC(=O)NC1(c2ccc(F)cc2)CCCC1. The zero-order valence-electron chi connectivity index (χ0n) is 9.83. The van der Waals surface area contributed by atoms with E-state index in [0.29, 0.717) is 0 Å². The topological polar surface area (TPSA) is 38.3 Å². The third-order valence-corrected chi connectivity index (χ3v) is 3.38. The highest BCUT2D eigenvalue weighted by Gasteiger charge is 2.37. The Morgan fingerprint density at radius 3 is 2.41 bits per heavy atom.